The third kappa shape index (κ3) is 4.44. The van der Waals surface area contributed by atoms with E-state index in [0.717, 1.165) is 37.1 Å². The van der Waals surface area contributed by atoms with Gasteiger partial charge in [-0.1, -0.05) is 12.8 Å². The summed E-state index contributed by atoms with van der Waals surface area (Å²) in [6.07, 6.45) is 4.07. The number of amides is 1. The van der Waals surface area contributed by atoms with E-state index in [9.17, 15) is 9.90 Å². The van der Waals surface area contributed by atoms with Gasteiger partial charge in [0.15, 0.2) is 0 Å². The summed E-state index contributed by atoms with van der Waals surface area (Å²) < 4.78 is 5.36. The summed E-state index contributed by atoms with van der Waals surface area (Å²) in [7, 11) is 0. The molecular formula is C16H24N2O3. The Morgan fingerprint density at radius 2 is 1.95 bits per heavy atom. The summed E-state index contributed by atoms with van der Waals surface area (Å²) in [6, 6.07) is 7.30. The highest BCUT2D eigenvalue weighted by molar-refractivity contribution is 5.92. The largest absolute Gasteiger partial charge is 0.494 e. The topological polar surface area (TPSA) is 70.6 Å². The minimum absolute atomic E-state index is 0.0866. The summed E-state index contributed by atoms with van der Waals surface area (Å²) in [5.41, 5.74) is 0.477. The van der Waals surface area contributed by atoms with E-state index in [1.807, 2.05) is 31.2 Å². The molecule has 0 saturated heterocycles. The molecule has 21 heavy (non-hydrogen) atoms. The van der Waals surface area contributed by atoms with Crippen LogP contribution in [0.1, 0.15) is 32.6 Å². The highest BCUT2D eigenvalue weighted by Gasteiger charge is 2.32. The lowest BCUT2D eigenvalue weighted by molar-refractivity contribution is -0.115. The number of aliphatic hydroxyl groups excluding tert-OH is 1. The van der Waals surface area contributed by atoms with E-state index in [1.165, 1.54) is 0 Å². The molecule has 0 heterocycles. The van der Waals surface area contributed by atoms with Crippen molar-refractivity contribution in [3.63, 3.8) is 0 Å². The summed E-state index contributed by atoms with van der Waals surface area (Å²) in [5, 5.41) is 15.5. The fourth-order valence-corrected chi connectivity index (χ4v) is 2.72. The second-order valence-corrected chi connectivity index (χ2v) is 5.50. The van der Waals surface area contributed by atoms with Gasteiger partial charge in [-0.15, -0.1) is 0 Å². The van der Waals surface area contributed by atoms with Crippen molar-refractivity contribution in [2.45, 2.75) is 38.1 Å². The molecule has 0 aliphatic heterocycles. The summed E-state index contributed by atoms with van der Waals surface area (Å²) in [4.78, 5) is 12.0. The van der Waals surface area contributed by atoms with Crippen molar-refractivity contribution in [3.05, 3.63) is 24.3 Å². The lowest BCUT2D eigenvalue weighted by atomic mass is 9.99. The molecule has 1 aromatic carbocycles. The maximum absolute atomic E-state index is 12.0. The van der Waals surface area contributed by atoms with Crippen molar-refractivity contribution in [1.29, 1.82) is 0 Å². The van der Waals surface area contributed by atoms with Gasteiger partial charge in [0.05, 0.1) is 19.8 Å². The number of hydrogen-bond donors (Lipinski definition) is 3. The van der Waals surface area contributed by atoms with E-state index >= 15 is 0 Å². The van der Waals surface area contributed by atoms with Gasteiger partial charge < -0.3 is 20.5 Å². The molecule has 1 aliphatic rings. The van der Waals surface area contributed by atoms with Gasteiger partial charge in [0.2, 0.25) is 5.91 Å². The van der Waals surface area contributed by atoms with Gasteiger partial charge in [0, 0.05) is 11.2 Å². The van der Waals surface area contributed by atoms with Gasteiger partial charge in [-0.25, -0.2) is 0 Å². The average Bonchev–Trinajstić information content (AvgIpc) is 2.97. The monoisotopic (exact) mass is 292 g/mol. The van der Waals surface area contributed by atoms with E-state index in [0.29, 0.717) is 6.61 Å². The Labute approximate surface area is 125 Å². The molecular weight excluding hydrogens is 268 g/mol. The zero-order chi connectivity index (χ0) is 15.1. The molecule has 0 spiro atoms. The predicted molar refractivity (Wildman–Crippen MR) is 82.5 cm³/mol. The Hall–Kier alpha value is -1.59. The Balaban J connectivity index is 1.81. The van der Waals surface area contributed by atoms with Crippen LogP contribution in [0.4, 0.5) is 5.69 Å². The minimum Gasteiger partial charge on any atom is -0.494 e. The number of carbonyl (C=O) groups is 1. The zero-order valence-corrected chi connectivity index (χ0v) is 12.5. The molecule has 0 radical (unpaired) electrons. The van der Waals surface area contributed by atoms with Gasteiger partial charge in [0.1, 0.15) is 5.75 Å². The quantitative estimate of drug-likeness (QED) is 0.718. The summed E-state index contributed by atoms with van der Waals surface area (Å²) >= 11 is 0. The Morgan fingerprint density at radius 3 is 2.52 bits per heavy atom. The van der Waals surface area contributed by atoms with E-state index in [-0.39, 0.29) is 24.6 Å². The lowest BCUT2D eigenvalue weighted by Crippen LogP contribution is -2.49. The number of carbonyl (C=O) groups excluding carboxylic acids is 1. The molecule has 0 bridgehead atoms. The van der Waals surface area contributed by atoms with Crippen LogP contribution in [0.2, 0.25) is 0 Å². The number of anilines is 1. The summed E-state index contributed by atoms with van der Waals surface area (Å²) in [6.45, 7) is 2.86. The number of hydrogen-bond acceptors (Lipinski definition) is 4. The van der Waals surface area contributed by atoms with Crippen molar-refractivity contribution in [2.24, 2.45) is 0 Å². The molecule has 5 nitrogen and oxygen atoms in total. The lowest BCUT2D eigenvalue weighted by Gasteiger charge is -2.27. The van der Waals surface area contributed by atoms with Gasteiger partial charge in [-0.3, -0.25) is 4.79 Å². The van der Waals surface area contributed by atoms with Crippen molar-refractivity contribution in [3.8, 4) is 5.75 Å². The van der Waals surface area contributed by atoms with Gasteiger partial charge in [0.25, 0.3) is 0 Å². The van der Waals surface area contributed by atoms with Crippen molar-refractivity contribution < 1.29 is 14.6 Å². The second-order valence-electron chi connectivity index (χ2n) is 5.50. The number of nitrogens with one attached hydrogen (secondary N) is 2. The first-order valence-electron chi connectivity index (χ1n) is 7.56. The first-order valence-corrected chi connectivity index (χ1v) is 7.56. The minimum atomic E-state index is -0.268. The summed E-state index contributed by atoms with van der Waals surface area (Å²) in [5.74, 6) is 0.692. The number of benzene rings is 1. The van der Waals surface area contributed by atoms with Crippen LogP contribution in [0.15, 0.2) is 24.3 Å². The zero-order valence-electron chi connectivity index (χ0n) is 12.5. The molecule has 5 heteroatoms. The molecule has 0 atom stereocenters. The molecule has 116 valence electrons. The van der Waals surface area contributed by atoms with Gasteiger partial charge in [-0.2, -0.15) is 0 Å². The highest BCUT2D eigenvalue weighted by Crippen LogP contribution is 2.28. The van der Waals surface area contributed by atoms with Crippen LogP contribution in [0.3, 0.4) is 0 Å². The van der Waals surface area contributed by atoms with Crippen LogP contribution >= 0.6 is 0 Å². The maximum Gasteiger partial charge on any atom is 0.238 e. The number of ether oxygens (including phenoxy) is 1. The smallest absolute Gasteiger partial charge is 0.238 e. The van der Waals surface area contributed by atoms with Crippen LogP contribution in [-0.2, 0) is 4.79 Å². The van der Waals surface area contributed by atoms with Gasteiger partial charge >= 0.3 is 0 Å². The molecule has 1 fully saturated rings. The Kier molecular flexibility index (Phi) is 5.59. The Morgan fingerprint density at radius 1 is 1.29 bits per heavy atom. The molecule has 1 aliphatic carbocycles. The molecule has 0 aromatic heterocycles. The number of aliphatic hydroxyl groups is 1. The maximum atomic E-state index is 12.0. The van der Waals surface area contributed by atoms with Crippen LogP contribution in [0, 0.1) is 0 Å². The van der Waals surface area contributed by atoms with Crippen LogP contribution in [0.5, 0.6) is 5.75 Å². The standard InChI is InChI=1S/C16H24N2O3/c1-2-21-14-7-5-13(6-8-14)18-15(20)11-17-16(12-19)9-3-4-10-16/h5-8,17,19H,2-4,9-12H2,1H3,(H,18,20). The first kappa shape index (κ1) is 15.8. The fraction of sp³-hybridized carbons (Fsp3) is 0.562. The predicted octanol–water partition coefficient (Wildman–Crippen LogP) is 1.92. The van der Waals surface area contributed by atoms with Gasteiger partial charge in [-0.05, 0) is 44.0 Å². The molecule has 0 unspecified atom stereocenters. The third-order valence-electron chi connectivity index (χ3n) is 3.94. The molecule has 2 rings (SSSR count). The van der Waals surface area contributed by atoms with E-state index in [1.54, 1.807) is 0 Å². The normalized spacial score (nSPS) is 16.7. The van der Waals surface area contributed by atoms with Crippen molar-refractivity contribution in [2.75, 3.05) is 25.1 Å². The van der Waals surface area contributed by atoms with Crippen molar-refractivity contribution in [1.82, 2.24) is 5.32 Å². The molecule has 3 N–H and O–H groups in total. The fourth-order valence-electron chi connectivity index (χ4n) is 2.72. The third-order valence-corrected chi connectivity index (χ3v) is 3.94. The van der Waals surface area contributed by atoms with Crippen LogP contribution < -0.4 is 15.4 Å². The van der Waals surface area contributed by atoms with E-state index in [2.05, 4.69) is 10.6 Å². The van der Waals surface area contributed by atoms with Crippen LogP contribution in [0.25, 0.3) is 0 Å². The highest BCUT2D eigenvalue weighted by atomic mass is 16.5. The van der Waals surface area contributed by atoms with E-state index < -0.39 is 0 Å². The van der Waals surface area contributed by atoms with Crippen LogP contribution in [-0.4, -0.2) is 36.3 Å². The molecule has 1 amide bonds. The van der Waals surface area contributed by atoms with E-state index in [4.69, 9.17) is 4.74 Å². The Bertz CT molecular complexity index is 453. The SMILES string of the molecule is CCOc1ccc(NC(=O)CNC2(CO)CCCC2)cc1. The number of rotatable bonds is 7. The van der Waals surface area contributed by atoms with Crippen molar-refractivity contribution >= 4 is 11.6 Å². The molecule has 1 aromatic rings. The first-order chi connectivity index (χ1) is 10.2. The second kappa shape index (κ2) is 7.43. The molecule has 1 saturated carbocycles. The average molecular weight is 292 g/mol.